The number of hydrogen-bond donors (Lipinski definition) is 0. The molecule has 0 unspecified atom stereocenters. The molecule has 0 saturated heterocycles. The van der Waals surface area contributed by atoms with E-state index in [2.05, 4.69) is 11.9 Å². The third kappa shape index (κ3) is 3.10. The van der Waals surface area contributed by atoms with E-state index in [1.165, 1.54) is 0 Å². The summed E-state index contributed by atoms with van der Waals surface area (Å²) in [6.07, 6.45) is 5.14. The van der Waals surface area contributed by atoms with E-state index in [-0.39, 0.29) is 0 Å². The van der Waals surface area contributed by atoms with Gasteiger partial charge >= 0.3 is 0 Å². The van der Waals surface area contributed by atoms with Gasteiger partial charge in [-0.15, -0.1) is 0 Å². The summed E-state index contributed by atoms with van der Waals surface area (Å²) in [7, 11) is 4.99. The van der Waals surface area contributed by atoms with Crippen molar-refractivity contribution in [3.8, 4) is 17.2 Å². The van der Waals surface area contributed by atoms with Crippen LogP contribution in [-0.4, -0.2) is 26.3 Å². The van der Waals surface area contributed by atoms with Crippen molar-refractivity contribution in [1.82, 2.24) is 4.98 Å². The molecular weight excluding hydrogens is 266 g/mol. The van der Waals surface area contributed by atoms with E-state index in [0.717, 1.165) is 40.4 Å². The lowest BCUT2D eigenvalue weighted by Crippen LogP contribution is -2.03. The molecule has 0 spiro atoms. The largest absolute Gasteiger partial charge is 0.496 e. The highest BCUT2D eigenvalue weighted by Gasteiger charge is 2.20. The van der Waals surface area contributed by atoms with Crippen LogP contribution in [0, 0.1) is 0 Å². The van der Waals surface area contributed by atoms with Crippen molar-refractivity contribution in [3.05, 3.63) is 47.3 Å². The van der Waals surface area contributed by atoms with Crippen molar-refractivity contribution >= 4 is 0 Å². The SMILES string of the molecule is CCc1cc(OC)c(Cc2cccnc2)c(OC)c1OC. The van der Waals surface area contributed by atoms with E-state index >= 15 is 0 Å². The maximum Gasteiger partial charge on any atom is 0.168 e. The second kappa shape index (κ2) is 6.97. The minimum absolute atomic E-state index is 0.681. The molecule has 112 valence electrons. The predicted octanol–water partition coefficient (Wildman–Crippen LogP) is 3.26. The van der Waals surface area contributed by atoms with Gasteiger partial charge < -0.3 is 14.2 Å². The number of methoxy groups -OCH3 is 3. The predicted molar refractivity (Wildman–Crippen MR) is 82.5 cm³/mol. The summed E-state index contributed by atoms with van der Waals surface area (Å²) >= 11 is 0. The first kappa shape index (κ1) is 15.2. The number of ether oxygens (including phenoxy) is 3. The first-order valence-electron chi connectivity index (χ1n) is 6.94. The van der Waals surface area contributed by atoms with Gasteiger partial charge in [0.25, 0.3) is 0 Å². The van der Waals surface area contributed by atoms with Gasteiger partial charge in [0.05, 0.1) is 21.3 Å². The Balaban J connectivity index is 2.56. The van der Waals surface area contributed by atoms with E-state index < -0.39 is 0 Å². The van der Waals surface area contributed by atoms with E-state index in [4.69, 9.17) is 14.2 Å². The Labute approximate surface area is 125 Å². The molecule has 1 aromatic heterocycles. The minimum atomic E-state index is 0.681. The van der Waals surface area contributed by atoms with Crippen LogP contribution in [0.25, 0.3) is 0 Å². The third-order valence-corrected chi connectivity index (χ3v) is 3.49. The maximum absolute atomic E-state index is 5.60. The van der Waals surface area contributed by atoms with Crippen molar-refractivity contribution in [2.75, 3.05) is 21.3 Å². The molecule has 1 heterocycles. The molecule has 2 rings (SSSR count). The minimum Gasteiger partial charge on any atom is -0.496 e. The highest BCUT2D eigenvalue weighted by molar-refractivity contribution is 5.59. The summed E-state index contributed by atoms with van der Waals surface area (Å²) in [6, 6.07) is 5.98. The third-order valence-electron chi connectivity index (χ3n) is 3.49. The fourth-order valence-electron chi connectivity index (χ4n) is 2.46. The standard InChI is InChI=1S/C17H21NO3/c1-5-13-10-15(19-2)14(17(21-4)16(13)20-3)9-12-7-6-8-18-11-12/h6-8,10-11H,5,9H2,1-4H3. The second-order valence-corrected chi connectivity index (χ2v) is 4.67. The van der Waals surface area contributed by atoms with E-state index in [9.17, 15) is 0 Å². The maximum atomic E-state index is 5.60. The van der Waals surface area contributed by atoms with Crippen LogP contribution < -0.4 is 14.2 Å². The fraction of sp³-hybridized carbons (Fsp3) is 0.353. The van der Waals surface area contributed by atoms with Crippen LogP contribution in [0.2, 0.25) is 0 Å². The van der Waals surface area contributed by atoms with E-state index in [0.29, 0.717) is 6.42 Å². The summed E-state index contributed by atoms with van der Waals surface area (Å²) in [5.74, 6) is 2.32. The van der Waals surface area contributed by atoms with Gasteiger partial charge in [-0.3, -0.25) is 4.98 Å². The van der Waals surface area contributed by atoms with Gasteiger partial charge in [0.1, 0.15) is 5.75 Å². The van der Waals surface area contributed by atoms with Gasteiger partial charge in [0.2, 0.25) is 0 Å². The van der Waals surface area contributed by atoms with Gasteiger partial charge in [-0.2, -0.15) is 0 Å². The zero-order valence-corrected chi connectivity index (χ0v) is 13.0. The quantitative estimate of drug-likeness (QED) is 0.817. The molecule has 0 radical (unpaired) electrons. The van der Waals surface area contributed by atoms with Crippen LogP contribution in [0.4, 0.5) is 0 Å². The van der Waals surface area contributed by atoms with Gasteiger partial charge in [-0.1, -0.05) is 13.0 Å². The fourth-order valence-corrected chi connectivity index (χ4v) is 2.46. The zero-order valence-electron chi connectivity index (χ0n) is 13.0. The van der Waals surface area contributed by atoms with Gasteiger partial charge in [-0.05, 0) is 24.1 Å². The van der Waals surface area contributed by atoms with Gasteiger partial charge in [0.15, 0.2) is 11.5 Å². The molecule has 0 aliphatic rings. The Bertz CT molecular complexity index is 597. The highest BCUT2D eigenvalue weighted by atomic mass is 16.5. The van der Waals surface area contributed by atoms with Crippen molar-refractivity contribution in [2.24, 2.45) is 0 Å². The van der Waals surface area contributed by atoms with E-state index in [1.807, 2.05) is 24.4 Å². The Hall–Kier alpha value is -2.23. The lowest BCUT2D eigenvalue weighted by molar-refractivity contribution is 0.341. The summed E-state index contributed by atoms with van der Waals surface area (Å²) in [4.78, 5) is 4.16. The van der Waals surface area contributed by atoms with E-state index in [1.54, 1.807) is 27.5 Å². The monoisotopic (exact) mass is 287 g/mol. The number of rotatable bonds is 6. The Morgan fingerprint density at radius 3 is 2.33 bits per heavy atom. The van der Waals surface area contributed by atoms with Crippen molar-refractivity contribution in [1.29, 1.82) is 0 Å². The van der Waals surface area contributed by atoms with Crippen LogP contribution in [0.3, 0.4) is 0 Å². The Morgan fingerprint density at radius 1 is 1.05 bits per heavy atom. The molecule has 0 fully saturated rings. The number of hydrogen-bond acceptors (Lipinski definition) is 4. The summed E-state index contributed by atoms with van der Waals surface area (Å²) < 4.78 is 16.7. The normalized spacial score (nSPS) is 10.3. The van der Waals surface area contributed by atoms with Crippen molar-refractivity contribution in [3.63, 3.8) is 0 Å². The lowest BCUT2D eigenvalue weighted by atomic mass is 10.00. The molecule has 4 heteroatoms. The molecule has 1 aromatic carbocycles. The van der Waals surface area contributed by atoms with Crippen molar-refractivity contribution < 1.29 is 14.2 Å². The molecule has 0 aliphatic carbocycles. The van der Waals surface area contributed by atoms with Crippen LogP contribution in [0.1, 0.15) is 23.6 Å². The van der Waals surface area contributed by atoms with Crippen LogP contribution >= 0.6 is 0 Å². The summed E-state index contributed by atoms with van der Waals surface area (Å²) in [6.45, 7) is 2.08. The molecule has 0 aliphatic heterocycles. The molecule has 2 aromatic rings. The van der Waals surface area contributed by atoms with Crippen molar-refractivity contribution in [2.45, 2.75) is 19.8 Å². The van der Waals surface area contributed by atoms with Crippen LogP contribution in [-0.2, 0) is 12.8 Å². The number of benzene rings is 1. The second-order valence-electron chi connectivity index (χ2n) is 4.67. The average Bonchev–Trinajstić information content (AvgIpc) is 2.54. The molecule has 0 atom stereocenters. The first-order valence-corrected chi connectivity index (χ1v) is 6.94. The molecule has 0 bridgehead atoms. The average molecular weight is 287 g/mol. The lowest BCUT2D eigenvalue weighted by Gasteiger charge is -2.19. The molecular formula is C17H21NO3. The zero-order chi connectivity index (χ0) is 15.2. The first-order chi connectivity index (χ1) is 10.2. The summed E-state index contributed by atoms with van der Waals surface area (Å²) in [5, 5.41) is 0. The molecule has 21 heavy (non-hydrogen) atoms. The number of aryl methyl sites for hydroxylation is 1. The Kier molecular flexibility index (Phi) is 5.04. The summed E-state index contributed by atoms with van der Waals surface area (Å²) in [5.41, 5.74) is 3.14. The van der Waals surface area contributed by atoms with Crippen LogP contribution in [0.5, 0.6) is 17.2 Å². The molecule has 0 N–H and O–H groups in total. The molecule has 0 saturated carbocycles. The highest BCUT2D eigenvalue weighted by Crippen LogP contribution is 2.42. The number of pyridine rings is 1. The van der Waals surface area contributed by atoms with Crippen LogP contribution in [0.15, 0.2) is 30.6 Å². The Morgan fingerprint density at radius 2 is 1.81 bits per heavy atom. The smallest absolute Gasteiger partial charge is 0.168 e. The van der Waals surface area contributed by atoms with Gasteiger partial charge in [-0.25, -0.2) is 0 Å². The number of nitrogens with zero attached hydrogens (tertiary/aromatic N) is 1. The topological polar surface area (TPSA) is 40.6 Å². The van der Waals surface area contributed by atoms with Gasteiger partial charge in [0, 0.05) is 29.9 Å². The number of aromatic nitrogens is 1. The molecule has 4 nitrogen and oxygen atoms in total. The molecule has 0 amide bonds.